The first kappa shape index (κ1) is 22.3. The largest absolute Gasteiger partial charge is 0.494 e. The van der Waals surface area contributed by atoms with E-state index < -0.39 is 11.4 Å². The van der Waals surface area contributed by atoms with E-state index >= 15 is 0 Å². The number of nitrogens with zero attached hydrogens (tertiary/aromatic N) is 7. The van der Waals surface area contributed by atoms with Gasteiger partial charge in [-0.05, 0) is 39.7 Å². The van der Waals surface area contributed by atoms with Gasteiger partial charge in [-0.3, -0.25) is 4.68 Å². The predicted octanol–water partition coefficient (Wildman–Crippen LogP) is 2.70. The summed E-state index contributed by atoms with van der Waals surface area (Å²) >= 11 is 0. The maximum atomic E-state index is 14.4. The van der Waals surface area contributed by atoms with Gasteiger partial charge in [0.2, 0.25) is 5.95 Å². The second kappa shape index (κ2) is 8.08. The summed E-state index contributed by atoms with van der Waals surface area (Å²) in [7, 11) is 1.41. The molecule has 3 N–H and O–H groups in total. The van der Waals surface area contributed by atoms with Crippen LogP contribution in [-0.4, -0.2) is 60.8 Å². The van der Waals surface area contributed by atoms with Gasteiger partial charge in [-0.25, -0.2) is 14.4 Å². The van der Waals surface area contributed by atoms with Crippen molar-refractivity contribution in [3.05, 3.63) is 36.2 Å². The highest BCUT2D eigenvalue weighted by atomic mass is 19.1. The summed E-state index contributed by atoms with van der Waals surface area (Å²) in [6.45, 7) is 6.76. The Hall–Kier alpha value is -3.47. The molecule has 180 valence electrons. The fourth-order valence-electron chi connectivity index (χ4n) is 4.52. The fourth-order valence-corrected chi connectivity index (χ4v) is 4.52. The molecule has 1 aromatic carbocycles. The van der Waals surface area contributed by atoms with Crippen LogP contribution >= 0.6 is 0 Å². The molecule has 1 fully saturated rings. The number of aliphatic hydroxyl groups is 1. The Labute approximate surface area is 196 Å². The zero-order chi connectivity index (χ0) is 24.2. The number of nitrogens with two attached hydrogens (primary N) is 1. The van der Waals surface area contributed by atoms with Gasteiger partial charge >= 0.3 is 0 Å². The Bertz CT molecular complexity index is 1360. The third kappa shape index (κ3) is 3.60. The number of hydrogen-bond acceptors (Lipinski definition) is 8. The number of halogens is 1. The van der Waals surface area contributed by atoms with Gasteiger partial charge in [0.25, 0.3) is 0 Å². The van der Waals surface area contributed by atoms with Crippen LogP contribution in [0.1, 0.15) is 45.4 Å². The van der Waals surface area contributed by atoms with Gasteiger partial charge in [0.1, 0.15) is 0 Å². The quantitative estimate of drug-likeness (QED) is 0.459. The number of fused-ring (bicyclic) bond motifs is 3. The van der Waals surface area contributed by atoms with Crippen molar-refractivity contribution >= 4 is 28.2 Å². The van der Waals surface area contributed by atoms with E-state index in [1.165, 1.54) is 23.8 Å². The number of aliphatic hydroxyl groups excluding tert-OH is 1. The van der Waals surface area contributed by atoms with Gasteiger partial charge in [-0.2, -0.15) is 9.61 Å². The lowest BCUT2D eigenvalue weighted by molar-refractivity contribution is 0.152. The molecule has 1 aliphatic heterocycles. The Morgan fingerprint density at radius 3 is 2.79 bits per heavy atom. The number of anilines is 2. The van der Waals surface area contributed by atoms with E-state index in [4.69, 9.17) is 15.5 Å². The number of ether oxygens (including phenoxy) is 1. The molecule has 34 heavy (non-hydrogen) atoms. The average Bonchev–Trinajstić information content (AvgIpc) is 3.48. The van der Waals surface area contributed by atoms with Crippen molar-refractivity contribution in [2.75, 3.05) is 30.9 Å². The van der Waals surface area contributed by atoms with Crippen LogP contribution in [0, 0.1) is 5.82 Å². The fraction of sp³-hybridized carbons (Fsp3) is 0.478. The van der Waals surface area contributed by atoms with Crippen LogP contribution in [0.15, 0.2) is 24.5 Å². The molecule has 0 saturated carbocycles. The zero-order valence-corrected chi connectivity index (χ0v) is 19.7. The third-order valence-corrected chi connectivity index (χ3v) is 6.74. The van der Waals surface area contributed by atoms with E-state index in [-0.39, 0.29) is 24.2 Å². The van der Waals surface area contributed by atoms with Crippen molar-refractivity contribution in [2.24, 2.45) is 0 Å². The van der Waals surface area contributed by atoms with E-state index in [2.05, 4.69) is 27.0 Å². The number of nitrogen functional groups attached to an aromatic ring is 1. The molecule has 0 bridgehead atoms. The second-order valence-electron chi connectivity index (χ2n) is 9.57. The number of rotatable bonds is 5. The van der Waals surface area contributed by atoms with Crippen LogP contribution in [0.3, 0.4) is 0 Å². The lowest BCUT2D eigenvalue weighted by Crippen LogP contribution is -2.41. The first-order valence-corrected chi connectivity index (χ1v) is 11.3. The predicted molar refractivity (Wildman–Crippen MR) is 127 cm³/mol. The lowest BCUT2D eigenvalue weighted by atomic mass is 9.92. The van der Waals surface area contributed by atoms with E-state index in [9.17, 15) is 9.50 Å². The summed E-state index contributed by atoms with van der Waals surface area (Å²) in [6.07, 6.45) is 5.67. The number of aromatic nitrogens is 6. The van der Waals surface area contributed by atoms with Gasteiger partial charge in [0, 0.05) is 36.2 Å². The maximum absolute atomic E-state index is 14.4. The Morgan fingerprint density at radius 1 is 1.26 bits per heavy atom. The molecule has 2 atom stereocenters. The highest BCUT2D eigenvalue weighted by molar-refractivity contribution is 5.93. The van der Waals surface area contributed by atoms with Gasteiger partial charge in [0.15, 0.2) is 23.0 Å². The number of benzene rings is 1. The van der Waals surface area contributed by atoms with E-state index in [1.54, 1.807) is 4.68 Å². The zero-order valence-electron chi connectivity index (χ0n) is 19.7. The molecule has 1 aliphatic rings. The van der Waals surface area contributed by atoms with Crippen LogP contribution < -0.4 is 15.4 Å². The molecule has 0 aliphatic carbocycles. The highest BCUT2D eigenvalue weighted by Gasteiger charge is 2.31. The highest BCUT2D eigenvalue weighted by Crippen LogP contribution is 2.34. The summed E-state index contributed by atoms with van der Waals surface area (Å²) in [5.41, 5.74) is 7.64. The minimum atomic E-state index is -0.492. The lowest BCUT2D eigenvalue weighted by Gasteiger charge is -2.38. The maximum Gasteiger partial charge on any atom is 0.223 e. The van der Waals surface area contributed by atoms with Crippen LogP contribution in [0.25, 0.3) is 16.6 Å². The van der Waals surface area contributed by atoms with Gasteiger partial charge in [-0.1, -0.05) is 0 Å². The average molecular weight is 469 g/mol. The van der Waals surface area contributed by atoms with Crippen LogP contribution in [0.5, 0.6) is 5.75 Å². The van der Waals surface area contributed by atoms with Crippen molar-refractivity contribution in [1.82, 2.24) is 29.4 Å². The van der Waals surface area contributed by atoms with Crippen LogP contribution in [-0.2, 0) is 5.54 Å². The van der Waals surface area contributed by atoms with Crippen LogP contribution in [0.2, 0.25) is 0 Å². The first-order valence-electron chi connectivity index (χ1n) is 11.3. The molecule has 5 rings (SSSR count). The molecule has 11 heteroatoms. The Kier molecular flexibility index (Phi) is 5.31. The molecule has 0 amide bonds. The van der Waals surface area contributed by atoms with Gasteiger partial charge < -0.3 is 20.5 Å². The van der Waals surface area contributed by atoms with Gasteiger partial charge in [0.05, 0.1) is 36.7 Å². The normalized spacial score (nSPS) is 19.3. The minimum Gasteiger partial charge on any atom is -0.494 e. The van der Waals surface area contributed by atoms with Crippen molar-refractivity contribution in [3.63, 3.8) is 0 Å². The molecule has 1 saturated heterocycles. The molecule has 10 nitrogen and oxygen atoms in total. The molecule has 3 aromatic heterocycles. The van der Waals surface area contributed by atoms with E-state index in [0.29, 0.717) is 35.0 Å². The summed E-state index contributed by atoms with van der Waals surface area (Å²) < 4.78 is 22.8. The first-order chi connectivity index (χ1) is 16.2. The number of hydrogen-bond donors (Lipinski definition) is 2. The summed E-state index contributed by atoms with van der Waals surface area (Å²) in [6, 6.07) is 3.20. The van der Waals surface area contributed by atoms with Crippen molar-refractivity contribution in [1.29, 1.82) is 0 Å². The molecular weight excluding hydrogens is 439 g/mol. The summed E-state index contributed by atoms with van der Waals surface area (Å²) in [5, 5.41) is 19.3. The summed E-state index contributed by atoms with van der Waals surface area (Å²) in [5.74, 6) is 0.502. The number of piperidine rings is 1. The van der Waals surface area contributed by atoms with Gasteiger partial charge in [-0.15, -0.1) is 5.10 Å². The minimum absolute atomic E-state index is 0.00660. The Balaban J connectivity index is 1.50. The molecular formula is C23H29FN8O2. The third-order valence-electron chi connectivity index (χ3n) is 6.74. The van der Waals surface area contributed by atoms with Crippen molar-refractivity contribution in [2.45, 2.75) is 51.1 Å². The Morgan fingerprint density at radius 2 is 2.06 bits per heavy atom. The van der Waals surface area contributed by atoms with Crippen LogP contribution in [0.4, 0.5) is 16.0 Å². The molecule has 4 aromatic rings. The SMILES string of the molecule is COc1cc2nc(N)n3nc([C@@H]4CC[C@@H](C)N(c5cnn(C(C)(C)CO)c5)C4)nc3c2cc1F. The van der Waals surface area contributed by atoms with E-state index in [0.717, 1.165) is 18.5 Å². The topological polar surface area (TPSA) is 120 Å². The molecule has 4 heterocycles. The van der Waals surface area contributed by atoms with E-state index in [1.807, 2.05) is 26.2 Å². The summed E-state index contributed by atoms with van der Waals surface area (Å²) in [4.78, 5) is 11.4. The molecule has 0 spiro atoms. The number of methoxy groups -OCH3 is 1. The molecule has 0 radical (unpaired) electrons. The monoisotopic (exact) mass is 468 g/mol. The van der Waals surface area contributed by atoms with Crippen molar-refractivity contribution < 1.29 is 14.2 Å². The van der Waals surface area contributed by atoms with Crippen molar-refractivity contribution in [3.8, 4) is 5.75 Å². The smallest absolute Gasteiger partial charge is 0.223 e. The standard InChI is InChI=1S/C23H29FN8O2/c1-13-5-6-14(10-30(13)15-9-26-31(11-15)23(2,3)12-33)20-28-21-16-7-17(24)19(34-4)8-18(16)27-22(25)32(21)29-20/h7-9,11,13-14,33H,5-6,10,12H2,1-4H3,(H2,25,27)/t13-,14-/m1/s1. The second-order valence-corrected chi connectivity index (χ2v) is 9.57. The molecule has 0 unspecified atom stereocenters.